The summed E-state index contributed by atoms with van der Waals surface area (Å²) in [5.74, 6) is 3.06. The molecule has 1 fully saturated rings. The van der Waals surface area contributed by atoms with Gasteiger partial charge in [0.25, 0.3) is 0 Å². The lowest BCUT2D eigenvalue weighted by Crippen LogP contribution is -2.20. The molecule has 1 aliphatic carbocycles. The molecule has 0 aliphatic heterocycles. The molecule has 10 rings (SSSR count). The predicted molar refractivity (Wildman–Crippen MR) is 259 cm³/mol. The third-order valence-corrected chi connectivity index (χ3v) is 13.5. The number of ether oxygens (including phenoxy) is 1. The van der Waals surface area contributed by atoms with Crippen molar-refractivity contribution in [3.63, 3.8) is 0 Å². The standard InChI is InChI=1S/C58H53N3O/c1-37-30-57(60-35-39(37)3)61-55-24-20-46(43-17-15-42(16-18-43)41-11-8-7-9-12-41)32-53(55)51-23-21-49(33-56(51)61)62-48-14-10-13-47(31-48)54-34-52(40(4)36-59-54)50-22-19-45(29-38(50)2)44-25-27-58(5,6)28-26-44/h7-24,29-36,44H,25-28H2,1-6H3. The molecule has 0 radical (unpaired) electrons. The van der Waals surface area contributed by atoms with Crippen LogP contribution in [0, 0.1) is 33.1 Å². The maximum Gasteiger partial charge on any atom is 0.137 e. The van der Waals surface area contributed by atoms with Gasteiger partial charge in [0.1, 0.15) is 17.3 Å². The molecule has 62 heavy (non-hydrogen) atoms. The number of nitrogens with zero attached hydrogens (tertiary/aromatic N) is 3. The molecule has 0 N–H and O–H groups in total. The van der Waals surface area contributed by atoms with Crippen LogP contribution in [0.4, 0.5) is 0 Å². The van der Waals surface area contributed by atoms with Gasteiger partial charge in [-0.15, -0.1) is 0 Å². The van der Waals surface area contributed by atoms with E-state index in [1.54, 1.807) is 0 Å². The number of hydrogen-bond acceptors (Lipinski definition) is 3. The highest BCUT2D eigenvalue weighted by Gasteiger charge is 2.28. The van der Waals surface area contributed by atoms with Crippen molar-refractivity contribution in [3.05, 3.63) is 186 Å². The van der Waals surface area contributed by atoms with Crippen molar-refractivity contribution in [3.8, 4) is 62.0 Å². The van der Waals surface area contributed by atoms with Gasteiger partial charge in [-0.05, 0) is 174 Å². The van der Waals surface area contributed by atoms with Crippen molar-refractivity contribution in [2.45, 2.75) is 73.1 Å². The number of benzene rings is 6. The topological polar surface area (TPSA) is 39.9 Å². The van der Waals surface area contributed by atoms with Gasteiger partial charge in [-0.1, -0.05) is 105 Å². The average Bonchev–Trinajstić information content (AvgIpc) is 3.61. The van der Waals surface area contributed by atoms with Crippen LogP contribution in [-0.4, -0.2) is 14.5 Å². The molecule has 0 atom stereocenters. The summed E-state index contributed by atoms with van der Waals surface area (Å²) in [5.41, 5.74) is 18.2. The van der Waals surface area contributed by atoms with Gasteiger partial charge in [-0.3, -0.25) is 9.55 Å². The summed E-state index contributed by atoms with van der Waals surface area (Å²) in [6.45, 7) is 13.5. The van der Waals surface area contributed by atoms with Crippen LogP contribution in [0.2, 0.25) is 0 Å². The molecule has 4 nitrogen and oxygen atoms in total. The first-order chi connectivity index (χ1) is 30.1. The minimum absolute atomic E-state index is 0.467. The van der Waals surface area contributed by atoms with Gasteiger partial charge in [0, 0.05) is 34.8 Å². The summed E-state index contributed by atoms with van der Waals surface area (Å²) in [7, 11) is 0. The minimum atomic E-state index is 0.467. The molecule has 0 unspecified atom stereocenters. The lowest BCUT2D eigenvalue weighted by molar-refractivity contribution is 0.224. The first kappa shape index (κ1) is 39.4. The van der Waals surface area contributed by atoms with Crippen molar-refractivity contribution >= 4 is 21.8 Å². The summed E-state index contributed by atoms with van der Waals surface area (Å²) in [6, 6.07) is 52.4. The summed E-state index contributed by atoms with van der Waals surface area (Å²) in [6.07, 6.45) is 9.12. The van der Waals surface area contributed by atoms with Gasteiger partial charge < -0.3 is 4.74 Å². The molecule has 0 amide bonds. The zero-order chi connectivity index (χ0) is 42.5. The molecule has 3 heterocycles. The molecule has 4 heteroatoms. The summed E-state index contributed by atoms with van der Waals surface area (Å²) in [4.78, 5) is 9.87. The van der Waals surface area contributed by atoms with Gasteiger partial charge in [-0.25, -0.2) is 4.98 Å². The maximum atomic E-state index is 6.70. The Kier molecular flexibility index (Phi) is 10.1. The Labute approximate surface area is 365 Å². The van der Waals surface area contributed by atoms with E-state index >= 15 is 0 Å². The van der Waals surface area contributed by atoms with Crippen LogP contribution in [0.25, 0.3) is 72.3 Å². The third kappa shape index (κ3) is 7.60. The number of hydrogen-bond donors (Lipinski definition) is 0. The van der Waals surface area contributed by atoms with Gasteiger partial charge in [0.15, 0.2) is 0 Å². The van der Waals surface area contributed by atoms with Crippen LogP contribution in [0.3, 0.4) is 0 Å². The number of rotatable bonds is 8. The van der Waals surface area contributed by atoms with Crippen molar-refractivity contribution in [1.82, 2.24) is 14.5 Å². The zero-order valence-corrected chi connectivity index (χ0v) is 36.7. The van der Waals surface area contributed by atoms with Crippen LogP contribution < -0.4 is 4.74 Å². The van der Waals surface area contributed by atoms with Gasteiger partial charge in [-0.2, -0.15) is 0 Å². The normalized spacial score (nSPS) is 14.1. The highest BCUT2D eigenvalue weighted by Crippen LogP contribution is 2.44. The van der Waals surface area contributed by atoms with Gasteiger partial charge >= 0.3 is 0 Å². The highest BCUT2D eigenvalue weighted by molar-refractivity contribution is 6.10. The van der Waals surface area contributed by atoms with E-state index in [4.69, 9.17) is 14.7 Å². The van der Waals surface area contributed by atoms with Crippen molar-refractivity contribution in [2.24, 2.45) is 5.41 Å². The fourth-order valence-corrected chi connectivity index (χ4v) is 9.51. The SMILES string of the molecule is Cc1cnc(-n2c3ccc(-c4ccc(-c5ccccc5)cc4)cc3c3ccc(Oc4cccc(-c5cc(-c6ccc(C7CCC(C)(C)CC7)cc6C)c(C)cn5)c4)cc32)cc1C. The molecule has 1 aliphatic rings. The van der Waals surface area contributed by atoms with Crippen molar-refractivity contribution < 1.29 is 4.74 Å². The molecule has 9 aromatic rings. The van der Waals surface area contributed by atoms with Crippen LogP contribution in [0.1, 0.15) is 73.3 Å². The van der Waals surface area contributed by atoms with E-state index in [9.17, 15) is 0 Å². The fraction of sp³-hybridized carbons (Fsp3) is 0.207. The molecule has 0 saturated heterocycles. The Hall–Kier alpha value is -6.78. The van der Waals surface area contributed by atoms with Crippen molar-refractivity contribution in [2.75, 3.05) is 0 Å². The minimum Gasteiger partial charge on any atom is -0.457 e. The van der Waals surface area contributed by atoms with Gasteiger partial charge in [0.2, 0.25) is 0 Å². The molecule has 3 aromatic heterocycles. The van der Waals surface area contributed by atoms with Crippen LogP contribution in [0.15, 0.2) is 158 Å². The van der Waals surface area contributed by atoms with E-state index in [2.05, 4.69) is 186 Å². The highest BCUT2D eigenvalue weighted by atomic mass is 16.5. The predicted octanol–water partition coefficient (Wildman–Crippen LogP) is 16.0. The molecular weight excluding hydrogens is 755 g/mol. The Morgan fingerprint density at radius 2 is 1.19 bits per heavy atom. The third-order valence-electron chi connectivity index (χ3n) is 13.5. The Balaban J connectivity index is 0.971. The van der Waals surface area contributed by atoms with Crippen LogP contribution in [-0.2, 0) is 0 Å². The lowest BCUT2D eigenvalue weighted by atomic mass is 9.71. The molecule has 0 spiro atoms. The molecular formula is C58H53N3O. The first-order valence-corrected chi connectivity index (χ1v) is 22.1. The molecule has 1 saturated carbocycles. The zero-order valence-electron chi connectivity index (χ0n) is 36.7. The van der Waals surface area contributed by atoms with E-state index in [0.717, 1.165) is 45.0 Å². The lowest BCUT2D eigenvalue weighted by Gasteiger charge is -2.34. The molecule has 6 aromatic carbocycles. The Morgan fingerprint density at radius 3 is 1.95 bits per heavy atom. The largest absolute Gasteiger partial charge is 0.457 e. The second-order valence-corrected chi connectivity index (χ2v) is 18.3. The molecule has 306 valence electrons. The van der Waals surface area contributed by atoms with E-state index in [1.807, 2.05) is 18.5 Å². The quantitative estimate of drug-likeness (QED) is 0.154. The Morgan fingerprint density at radius 1 is 0.500 bits per heavy atom. The number of pyridine rings is 2. The number of aryl methyl sites for hydroxylation is 4. The van der Waals surface area contributed by atoms with Gasteiger partial charge in [0.05, 0.1) is 16.7 Å². The second-order valence-electron chi connectivity index (χ2n) is 18.3. The van der Waals surface area contributed by atoms with Crippen LogP contribution >= 0.6 is 0 Å². The average molecular weight is 808 g/mol. The van der Waals surface area contributed by atoms with Crippen LogP contribution in [0.5, 0.6) is 11.5 Å². The smallest absolute Gasteiger partial charge is 0.137 e. The first-order valence-electron chi connectivity index (χ1n) is 22.1. The fourth-order valence-electron chi connectivity index (χ4n) is 9.51. The van der Waals surface area contributed by atoms with Crippen molar-refractivity contribution in [1.29, 1.82) is 0 Å². The summed E-state index contributed by atoms with van der Waals surface area (Å²) in [5, 5.41) is 2.31. The summed E-state index contributed by atoms with van der Waals surface area (Å²) >= 11 is 0. The summed E-state index contributed by atoms with van der Waals surface area (Å²) < 4.78 is 8.97. The maximum absolute atomic E-state index is 6.70. The van der Waals surface area contributed by atoms with E-state index in [-0.39, 0.29) is 0 Å². The number of aromatic nitrogens is 3. The van der Waals surface area contributed by atoms with E-state index in [1.165, 1.54) is 92.3 Å². The van der Waals surface area contributed by atoms with E-state index in [0.29, 0.717) is 11.3 Å². The number of fused-ring (bicyclic) bond motifs is 3. The van der Waals surface area contributed by atoms with E-state index < -0.39 is 0 Å². The Bertz CT molecular complexity index is 3110. The monoisotopic (exact) mass is 807 g/mol. The second kappa shape index (κ2) is 15.9. The molecule has 0 bridgehead atoms.